The standard InChI is InChI=1S/C6H7.2CO.Mo/c1-6-4-2-3-5-6;2*1-2;/h2-5H,1H3;;;/q-1;;;. The van der Waals surface area contributed by atoms with Gasteiger partial charge in [0.25, 0.3) is 0 Å². The second-order valence-corrected chi connectivity index (χ2v) is 3.05. The van der Waals surface area contributed by atoms with Gasteiger partial charge in [-0.3, -0.25) is 0 Å². The van der Waals surface area contributed by atoms with Gasteiger partial charge in [-0.05, 0) is 0 Å². The predicted octanol–water partition coefficient (Wildman–Crippen LogP) is 0.917. The van der Waals surface area contributed by atoms with Gasteiger partial charge in [-0.25, -0.2) is 12.1 Å². The van der Waals surface area contributed by atoms with Crippen LogP contribution < -0.4 is 0 Å². The zero-order chi connectivity index (χ0) is 8.53. The van der Waals surface area contributed by atoms with E-state index >= 15 is 0 Å². The van der Waals surface area contributed by atoms with Crippen molar-refractivity contribution in [1.82, 2.24) is 0 Å². The Labute approximate surface area is 72.8 Å². The first-order valence-corrected chi connectivity index (χ1v) is 4.90. The van der Waals surface area contributed by atoms with Crippen LogP contribution >= 0.6 is 0 Å². The van der Waals surface area contributed by atoms with Crippen molar-refractivity contribution in [2.24, 2.45) is 0 Å². The average Bonchev–Trinajstić information content (AvgIpc) is 2.43. The van der Waals surface area contributed by atoms with Crippen molar-refractivity contribution < 1.29 is 27.2 Å². The Balaban J connectivity index is 0.000000187. The van der Waals surface area contributed by atoms with Gasteiger partial charge >= 0.3 is 35.8 Å². The Morgan fingerprint density at radius 3 is 1.73 bits per heavy atom. The topological polar surface area (TPSA) is 34.1 Å². The van der Waals surface area contributed by atoms with E-state index in [2.05, 4.69) is 19.1 Å². The zero-order valence-electron chi connectivity index (χ0n) is 6.03. The average molecular weight is 231 g/mol. The summed E-state index contributed by atoms with van der Waals surface area (Å²) in [5.74, 6) is 0. The molecule has 0 amide bonds. The van der Waals surface area contributed by atoms with Crippen LogP contribution in [0.5, 0.6) is 0 Å². The maximum absolute atomic E-state index is 9.08. The summed E-state index contributed by atoms with van der Waals surface area (Å²) in [6.45, 7) is 2.08. The van der Waals surface area contributed by atoms with Gasteiger partial charge in [0.15, 0.2) is 0 Å². The van der Waals surface area contributed by atoms with Gasteiger partial charge in [-0.15, -0.1) is 0 Å². The van der Waals surface area contributed by atoms with E-state index in [4.69, 9.17) is 9.59 Å². The second-order valence-electron chi connectivity index (χ2n) is 1.73. The molecule has 3 heteroatoms. The van der Waals surface area contributed by atoms with E-state index in [0.29, 0.717) is 0 Å². The van der Waals surface area contributed by atoms with Gasteiger partial charge in [-0.2, -0.15) is 17.7 Å². The van der Waals surface area contributed by atoms with Crippen molar-refractivity contribution in [3.63, 3.8) is 0 Å². The van der Waals surface area contributed by atoms with Crippen LogP contribution in [0.1, 0.15) is 5.56 Å². The molecular weight excluding hydrogens is 224 g/mol. The van der Waals surface area contributed by atoms with Crippen molar-refractivity contribution in [3.05, 3.63) is 29.8 Å². The first-order valence-electron chi connectivity index (χ1n) is 2.89. The minimum atomic E-state index is -1.12. The van der Waals surface area contributed by atoms with Gasteiger partial charge < -0.3 is 0 Å². The van der Waals surface area contributed by atoms with Crippen LogP contribution in [-0.4, -0.2) is 8.53 Å². The number of aryl methyl sites for hydroxylation is 1. The number of carbonyl (C=O) groups excluding carboxylic acids is 2. The van der Waals surface area contributed by atoms with Crippen molar-refractivity contribution >= 4 is 8.53 Å². The van der Waals surface area contributed by atoms with E-state index in [0.717, 1.165) is 0 Å². The van der Waals surface area contributed by atoms with Crippen LogP contribution in [0, 0.1) is 6.92 Å². The Bertz CT molecular complexity index is 272. The van der Waals surface area contributed by atoms with Crippen LogP contribution in [-0.2, 0) is 27.2 Å². The summed E-state index contributed by atoms with van der Waals surface area (Å²) < 4.78 is 2.95. The second kappa shape index (κ2) is 7.31. The summed E-state index contributed by atoms with van der Waals surface area (Å²) in [5.41, 5.74) is 1.34. The molecule has 1 rings (SSSR count). The molecule has 0 fully saturated rings. The number of hydrogen-bond donors (Lipinski definition) is 0. The fraction of sp³-hybridized carbons (Fsp3) is 0.125. The van der Waals surface area contributed by atoms with Gasteiger partial charge in [0, 0.05) is 0 Å². The summed E-state index contributed by atoms with van der Waals surface area (Å²) in [5, 5.41) is 0. The van der Waals surface area contributed by atoms with E-state index in [1.165, 1.54) is 14.1 Å². The Morgan fingerprint density at radius 2 is 1.64 bits per heavy atom. The van der Waals surface area contributed by atoms with E-state index in [9.17, 15) is 0 Å². The molecule has 0 bridgehead atoms. The predicted molar refractivity (Wildman–Crippen MR) is 38.2 cm³/mol. The molecule has 0 aliphatic rings. The van der Waals surface area contributed by atoms with Crippen molar-refractivity contribution in [2.75, 3.05) is 0 Å². The van der Waals surface area contributed by atoms with Crippen molar-refractivity contribution in [1.29, 1.82) is 0 Å². The molecule has 0 saturated heterocycles. The molecular formula is C8H7MoO2-. The molecule has 1 aromatic rings. The van der Waals surface area contributed by atoms with Crippen LogP contribution in [0.25, 0.3) is 0 Å². The first kappa shape index (κ1) is 10.2. The summed E-state index contributed by atoms with van der Waals surface area (Å²) in [6, 6.07) is 8.24. The molecule has 0 heterocycles. The SMILES string of the molecule is C[c-]1cccc1.O=[C]=[Mo]=[C]=O. The number of rotatable bonds is 0. The van der Waals surface area contributed by atoms with E-state index in [1.807, 2.05) is 12.1 Å². The molecule has 1 aromatic carbocycles. The Morgan fingerprint density at radius 1 is 1.18 bits per heavy atom. The zero-order valence-corrected chi connectivity index (χ0v) is 8.04. The maximum atomic E-state index is 9.08. The summed E-state index contributed by atoms with van der Waals surface area (Å²) in [7, 11) is 0. The Kier molecular flexibility index (Phi) is 6.77. The van der Waals surface area contributed by atoms with Crippen LogP contribution in [0.3, 0.4) is 0 Å². The molecule has 0 aromatic heterocycles. The van der Waals surface area contributed by atoms with Gasteiger partial charge in [0.1, 0.15) is 0 Å². The van der Waals surface area contributed by atoms with E-state index in [1.54, 1.807) is 0 Å². The van der Waals surface area contributed by atoms with Crippen LogP contribution in [0.4, 0.5) is 0 Å². The fourth-order valence-electron chi connectivity index (χ4n) is 0.487. The molecule has 0 atom stereocenters. The van der Waals surface area contributed by atoms with Gasteiger partial charge in [0.05, 0.1) is 0 Å². The van der Waals surface area contributed by atoms with Crippen molar-refractivity contribution in [2.45, 2.75) is 6.92 Å². The molecule has 0 radical (unpaired) electrons. The normalized spacial score (nSPS) is 6.64. The molecule has 11 heavy (non-hydrogen) atoms. The molecule has 0 aliphatic heterocycles. The third-order valence-electron chi connectivity index (χ3n) is 0.913. The van der Waals surface area contributed by atoms with Crippen LogP contribution in [0.2, 0.25) is 0 Å². The molecule has 0 aliphatic carbocycles. The number of hydrogen-bond acceptors (Lipinski definition) is 2. The quantitative estimate of drug-likeness (QED) is 0.491. The molecule has 58 valence electrons. The van der Waals surface area contributed by atoms with Crippen LogP contribution in [0.15, 0.2) is 24.3 Å². The molecule has 0 spiro atoms. The molecule has 2 nitrogen and oxygen atoms in total. The molecule has 0 N–H and O–H groups in total. The summed E-state index contributed by atoms with van der Waals surface area (Å²) in [6.07, 6.45) is 0. The third kappa shape index (κ3) is 7.09. The summed E-state index contributed by atoms with van der Waals surface area (Å²) in [4.78, 5) is 18.2. The molecule has 0 unspecified atom stereocenters. The third-order valence-corrected chi connectivity index (χ3v) is 1.32. The van der Waals surface area contributed by atoms with Gasteiger partial charge in [-0.1, -0.05) is 6.92 Å². The first-order chi connectivity index (χ1) is 5.31. The van der Waals surface area contributed by atoms with Gasteiger partial charge in [0.2, 0.25) is 0 Å². The minimum absolute atomic E-state index is 1.12. The molecule has 0 saturated carbocycles. The monoisotopic (exact) mass is 233 g/mol. The van der Waals surface area contributed by atoms with E-state index < -0.39 is 17.6 Å². The van der Waals surface area contributed by atoms with E-state index in [-0.39, 0.29) is 0 Å². The Hall–Kier alpha value is -0.802. The van der Waals surface area contributed by atoms with Crippen molar-refractivity contribution in [3.8, 4) is 0 Å². The fourth-order valence-corrected chi connectivity index (χ4v) is 0.571. The summed E-state index contributed by atoms with van der Waals surface area (Å²) >= 11 is -1.12.